The van der Waals surface area contributed by atoms with Crippen molar-refractivity contribution >= 4 is 22.0 Å². The Kier molecular flexibility index (Phi) is 6.28. The lowest BCUT2D eigenvalue weighted by atomic mass is 10.1. The third-order valence-corrected chi connectivity index (χ3v) is 3.60. The van der Waals surface area contributed by atoms with Crippen LogP contribution < -0.4 is 0 Å². The highest BCUT2D eigenvalue weighted by Crippen LogP contribution is 2.19. The van der Waals surface area contributed by atoms with Gasteiger partial charge < -0.3 is 9.64 Å². The topological polar surface area (TPSA) is 42.4 Å². The number of aromatic nitrogens is 1. The highest BCUT2D eigenvalue weighted by Gasteiger charge is 2.15. The minimum atomic E-state index is -0.268. The number of halogens is 1. The molecule has 0 aromatic carbocycles. The van der Waals surface area contributed by atoms with Crippen molar-refractivity contribution < 1.29 is 9.53 Å². The SMILES string of the molecule is CCN(Cc1cncc(Br)c1C)C(=O)OCC(C)C. The van der Waals surface area contributed by atoms with Crippen molar-refractivity contribution in [1.29, 1.82) is 0 Å². The first-order chi connectivity index (χ1) is 8.95. The van der Waals surface area contributed by atoms with Gasteiger partial charge in [-0.05, 0) is 46.8 Å². The average molecular weight is 329 g/mol. The van der Waals surface area contributed by atoms with E-state index >= 15 is 0 Å². The standard InChI is InChI=1S/C14H21BrN2O2/c1-5-17(14(18)19-9-10(2)3)8-12-6-16-7-13(15)11(12)4/h6-7,10H,5,8-9H2,1-4H3. The predicted octanol–water partition coefficient (Wildman–Crippen LogP) is 3.77. The second-order valence-electron chi connectivity index (χ2n) is 4.89. The molecular formula is C14H21BrN2O2. The van der Waals surface area contributed by atoms with Crippen molar-refractivity contribution in [2.75, 3.05) is 13.2 Å². The highest BCUT2D eigenvalue weighted by molar-refractivity contribution is 9.10. The van der Waals surface area contributed by atoms with Crippen LogP contribution in [0.25, 0.3) is 0 Å². The molecule has 19 heavy (non-hydrogen) atoms. The summed E-state index contributed by atoms with van der Waals surface area (Å²) in [5.74, 6) is 0.344. The lowest BCUT2D eigenvalue weighted by molar-refractivity contribution is 0.0914. The number of hydrogen-bond acceptors (Lipinski definition) is 3. The largest absolute Gasteiger partial charge is 0.449 e. The Hall–Kier alpha value is -1.10. The second kappa shape index (κ2) is 7.48. The van der Waals surface area contributed by atoms with Crippen LogP contribution in [0, 0.1) is 12.8 Å². The number of carbonyl (C=O) groups excluding carboxylic acids is 1. The first-order valence-electron chi connectivity index (χ1n) is 6.46. The highest BCUT2D eigenvalue weighted by atomic mass is 79.9. The summed E-state index contributed by atoms with van der Waals surface area (Å²) in [5.41, 5.74) is 2.13. The fourth-order valence-corrected chi connectivity index (χ4v) is 1.91. The Morgan fingerprint density at radius 3 is 2.74 bits per heavy atom. The van der Waals surface area contributed by atoms with Crippen LogP contribution in [0.15, 0.2) is 16.9 Å². The summed E-state index contributed by atoms with van der Waals surface area (Å²) < 4.78 is 6.21. The summed E-state index contributed by atoms with van der Waals surface area (Å²) in [6, 6.07) is 0. The van der Waals surface area contributed by atoms with E-state index < -0.39 is 0 Å². The minimum absolute atomic E-state index is 0.268. The van der Waals surface area contributed by atoms with Crippen LogP contribution in [0.1, 0.15) is 31.9 Å². The minimum Gasteiger partial charge on any atom is -0.449 e. The summed E-state index contributed by atoms with van der Waals surface area (Å²) in [5, 5.41) is 0. The number of nitrogens with zero attached hydrogens (tertiary/aromatic N) is 2. The molecule has 1 aromatic rings. The maximum absolute atomic E-state index is 12.0. The Balaban J connectivity index is 2.71. The van der Waals surface area contributed by atoms with Gasteiger partial charge in [0.25, 0.3) is 0 Å². The molecule has 1 rings (SSSR count). The number of amides is 1. The van der Waals surface area contributed by atoms with Gasteiger partial charge >= 0.3 is 6.09 Å². The average Bonchev–Trinajstić information content (AvgIpc) is 2.37. The quantitative estimate of drug-likeness (QED) is 0.826. The molecule has 0 bridgehead atoms. The van der Waals surface area contributed by atoms with Gasteiger partial charge in [-0.2, -0.15) is 0 Å². The maximum atomic E-state index is 12.0. The fraction of sp³-hybridized carbons (Fsp3) is 0.571. The molecule has 1 aromatic heterocycles. The Morgan fingerprint density at radius 2 is 2.16 bits per heavy atom. The van der Waals surface area contributed by atoms with Crippen molar-refractivity contribution in [2.45, 2.75) is 34.2 Å². The molecule has 0 aliphatic heterocycles. The van der Waals surface area contributed by atoms with Crippen LogP contribution in [0.5, 0.6) is 0 Å². The lowest BCUT2D eigenvalue weighted by Gasteiger charge is -2.22. The van der Waals surface area contributed by atoms with Crippen LogP contribution in [-0.2, 0) is 11.3 Å². The number of carbonyl (C=O) groups is 1. The first-order valence-corrected chi connectivity index (χ1v) is 7.25. The third kappa shape index (κ3) is 4.82. The summed E-state index contributed by atoms with van der Waals surface area (Å²) in [7, 11) is 0. The van der Waals surface area contributed by atoms with E-state index in [-0.39, 0.29) is 6.09 Å². The van der Waals surface area contributed by atoms with E-state index in [2.05, 4.69) is 20.9 Å². The summed E-state index contributed by atoms with van der Waals surface area (Å²) in [4.78, 5) is 17.8. The van der Waals surface area contributed by atoms with Gasteiger partial charge in [0.1, 0.15) is 0 Å². The number of hydrogen-bond donors (Lipinski definition) is 0. The number of pyridine rings is 1. The number of rotatable bonds is 5. The molecule has 0 fully saturated rings. The molecule has 0 saturated heterocycles. The van der Waals surface area contributed by atoms with E-state index in [1.165, 1.54) is 0 Å². The Bertz CT molecular complexity index is 435. The Morgan fingerprint density at radius 1 is 1.47 bits per heavy atom. The lowest BCUT2D eigenvalue weighted by Crippen LogP contribution is -2.32. The molecule has 0 N–H and O–H groups in total. The molecule has 0 atom stereocenters. The zero-order valence-corrected chi connectivity index (χ0v) is 13.5. The van der Waals surface area contributed by atoms with Gasteiger partial charge in [-0.3, -0.25) is 4.98 Å². The van der Waals surface area contributed by atoms with E-state index in [0.717, 1.165) is 15.6 Å². The van der Waals surface area contributed by atoms with E-state index in [1.54, 1.807) is 17.3 Å². The van der Waals surface area contributed by atoms with Crippen LogP contribution in [0.4, 0.5) is 4.79 Å². The molecule has 0 saturated carbocycles. The summed E-state index contributed by atoms with van der Waals surface area (Å²) in [6.07, 6.45) is 3.28. The van der Waals surface area contributed by atoms with E-state index in [1.807, 2.05) is 27.7 Å². The molecule has 0 spiro atoms. The molecule has 0 radical (unpaired) electrons. The predicted molar refractivity (Wildman–Crippen MR) is 78.9 cm³/mol. The molecule has 4 nitrogen and oxygen atoms in total. The van der Waals surface area contributed by atoms with Crippen LogP contribution in [0.2, 0.25) is 0 Å². The smallest absolute Gasteiger partial charge is 0.410 e. The van der Waals surface area contributed by atoms with Crippen molar-refractivity contribution in [1.82, 2.24) is 9.88 Å². The normalized spacial score (nSPS) is 10.6. The molecule has 0 aliphatic carbocycles. The maximum Gasteiger partial charge on any atom is 0.410 e. The van der Waals surface area contributed by atoms with E-state index in [0.29, 0.717) is 25.6 Å². The van der Waals surface area contributed by atoms with Gasteiger partial charge in [0.2, 0.25) is 0 Å². The zero-order valence-electron chi connectivity index (χ0n) is 11.9. The number of ether oxygens (including phenoxy) is 1. The molecule has 5 heteroatoms. The summed E-state index contributed by atoms with van der Waals surface area (Å²) in [6.45, 7) is 9.57. The molecule has 0 unspecified atom stereocenters. The monoisotopic (exact) mass is 328 g/mol. The van der Waals surface area contributed by atoms with Crippen LogP contribution in [-0.4, -0.2) is 29.1 Å². The zero-order chi connectivity index (χ0) is 14.4. The fourth-order valence-electron chi connectivity index (χ4n) is 1.54. The first kappa shape index (κ1) is 16.0. The van der Waals surface area contributed by atoms with Gasteiger partial charge in [0, 0.05) is 23.4 Å². The third-order valence-electron chi connectivity index (χ3n) is 2.80. The molecule has 1 amide bonds. The van der Waals surface area contributed by atoms with Crippen LogP contribution in [0.3, 0.4) is 0 Å². The molecule has 0 aliphatic rings. The van der Waals surface area contributed by atoms with Crippen molar-refractivity contribution in [3.8, 4) is 0 Å². The van der Waals surface area contributed by atoms with Gasteiger partial charge in [0.15, 0.2) is 0 Å². The Labute approximate surface area is 123 Å². The van der Waals surface area contributed by atoms with Gasteiger partial charge in [-0.15, -0.1) is 0 Å². The van der Waals surface area contributed by atoms with Crippen LogP contribution >= 0.6 is 15.9 Å². The van der Waals surface area contributed by atoms with E-state index in [9.17, 15) is 4.79 Å². The second-order valence-corrected chi connectivity index (χ2v) is 5.74. The van der Waals surface area contributed by atoms with Crippen molar-refractivity contribution in [2.24, 2.45) is 5.92 Å². The van der Waals surface area contributed by atoms with Crippen molar-refractivity contribution in [3.63, 3.8) is 0 Å². The molecular weight excluding hydrogens is 308 g/mol. The van der Waals surface area contributed by atoms with E-state index in [4.69, 9.17) is 4.74 Å². The molecule has 1 heterocycles. The van der Waals surface area contributed by atoms with Gasteiger partial charge in [-0.1, -0.05) is 13.8 Å². The van der Waals surface area contributed by atoms with Gasteiger partial charge in [0.05, 0.1) is 13.2 Å². The van der Waals surface area contributed by atoms with Crippen molar-refractivity contribution in [3.05, 3.63) is 28.0 Å². The van der Waals surface area contributed by atoms with Gasteiger partial charge in [-0.25, -0.2) is 4.79 Å². The molecule has 106 valence electrons. The summed E-state index contributed by atoms with van der Waals surface area (Å²) >= 11 is 3.45.